The van der Waals surface area contributed by atoms with Gasteiger partial charge in [-0.3, -0.25) is 0 Å². The molecule has 3 nitrogen and oxygen atoms in total. The van der Waals surface area contributed by atoms with Crippen molar-refractivity contribution >= 4 is 17.3 Å². The molecule has 1 aliphatic rings. The van der Waals surface area contributed by atoms with Gasteiger partial charge in [0, 0.05) is 17.8 Å². The molecule has 0 atom stereocenters. The van der Waals surface area contributed by atoms with Crippen molar-refractivity contribution in [1.82, 2.24) is 0 Å². The van der Waals surface area contributed by atoms with Gasteiger partial charge in [-0.15, -0.1) is 0 Å². The summed E-state index contributed by atoms with van der Waals surface area (Å²) in [6.45, 7) is 11.7. The molecule has 0 aromatic heterocycles. The van der Waals surface area contributed by atoms with Crippen LogP contribution in [0.25, 0.3) is 11.6 Å². The van der Waals surface area contributed by atoms with Crippen LogP contribution in [0.5, 0.6) is 0 Å². The maximum atomic E-state index is 8.96. The van der Waals surface area contributed by atoms with E-state index in [1.165, 1.54) is 16.8 Å². The molecule has 1 aromatic rings. The summed E-state index contributed by atoms with van der Waals surface area (Å²) in [5, 5.41) is 17.9. The lowest BCUT2D eigenvalue weighted by Gasteiger charge is -2.43. The van der Waals surface area contributed by atoms with Crippen molar-refractivity contribution in [3.63, 3.8) is 0 Å². The standard InChI is InChI=1S/C19H21N3/c1-6-22-18-7-13(2)16(8-15(11-20)12-21)9-17(18)14(3)10-19(22,4)5/h7-10H,6H2,1-5H3. The van der Waals surface area contributed by atoms with Crippen LogP contribution in [-0.4, -0.2) is 12.1 Å². The van der Waals surface area contributed by atoms with E-state index < -0.39 is 0 Å². The fourth-order valence-corrected chi connectivity index (χ4v) is 3.22. The van der Waals surface area contributed by atoms with Crippen molar-refractivity contribution in [2.45, 2.75) is 40.2 Å². The topological polar surface area (TPSA) is 50.8 Å². The van der Waals surface area contributed by atoms with Gasteiger partial charge in [0.05, 0.1) is 5.54 Å². The summed E-state index contributed by atoms with van der Waals surface area (Å²) in [5.41, 5.74) is 5.75. The number of benzene rings is 1. The van der Waals surface area contributed by atoms with Crippen LogP contribution < -0.4 is 4.90 Å². The van der Waals surface area contributed by atoms with Gasteiger partial charge in [0.2, 0.25) is 0 Å². The molecule has 22 heavy (non-hydrogen) atoms. The molecule has 1 heterocycles. The minimum absolute atomic E-state index is 0.0138. The molecule has 0 saturated carbocycles. The van der Waals surface area contributed by atoms with E-state index >= 15 is 0 Å². The minimum atomic E-state index is -0.0138. The van der Waals surface area contributed by atoms with Gasteiger partial charge >= 0.3 is 0 Å². The summed E-state index contributed by atoms with van der Waals surface area (Å²) >= 11 is 0. The van der Waals surface area contributed by atoms with E-state index in [1.54, 1.807) is 6.08 Å². The van der Waals surface area contributed by atoms with Crippen molar-refractivity contribution in [3.8, 4) is 12.1 Å². The Balaban J connectivity index is 2.67. The zero-order valence-electron chi connectivity index (χ0n) is 13.9. The Morgan fingerprint density at radius 2 is 1.86 bits per heavy atom. The monoisotopic (exact) mass is 291 g/mol. The van der Waals surface area contributed by atoms with E-state index in [0.717, 1.165) is 17.7 Å². The number of fused-ring (bicyclic) bond motifs is 1. The number of allylic oxidation sites excluding steroid dienone is 2. The molecule has 2 rings (SSSR count). The summed E-state index contributed by atoms with van der Waals surface area (Å²) in [5.74, 6) is 0. The number of likely N-dealkylation sites (N-methyl/N-ethyl adjacent to an activating group) is 1. The van der Waals surface area contributed by atoms with Crippen LogP contribution in [-0.2, 0) is 0 Å². The van der Waals surface area contributed by atoms with E-state index in [4.69, 9.17) is 10.5 Å². The van der Waals surface area contributed by atoms with Crippen molar-refractivity contribution < 1.29 is 0 Å². The number of anilines is 1. The highest BCUT2D eigenvalue weighted by molar-refractivity contribution is 5.84. The zero-order chi connectivity index (χ0) is 16.5. The first-order chi connectivity index (χ1) is 10.3. The zero-order valence-corrected chi connectivity index (χ0v) is 13.9. The van der Waals surface area contributed by atoms with Crippen LogP contribution in [0.2, 0.25) is 0 Å². The first-order valence-electron chi connectivity index (χ1n) is 7.48. The first kappa shape index (κ1) is 15.9. The molecule has 1 aromatic carbocycles. The number of aryl methyl sites for hydroxylation is 1. The van der Waals surface area contributed by atoms with E-state index in [1.807, 2.05) is 19.1 Å². The van der Waals surface area contributed by atoms with Crippen LogP contribution in [0, 0.1) is 29.6 Å². The normalized spacial score (nSPS) is 15.2. The second-order valence-electron chi connectivity index (χ2n) is 6.23. The Labute approximate surface area is 132 Å². The number of nitrogens with zero attached hydrogens (tertiary/aromatic N) is 3. The second kappa shape index (κ2) is 5.70. The van der Waals surface area contributed by atoms with Gasteiger partial charge < -0.3 is 4.90 Å². The van der Waals surface area contributed by atoms with Gasteiger partial charge in [-0.2, -0.15) is 10.5 Å². The minimum Gasteiger partial charge on any atom is -0.363 e. The summed E-state index contributed by atoms with van der Waals surface area (Å²) < 4.78 is 0. The van der Waals surface area contributed by atoms with E-state index in [-0.39, 0.29) is 11.1 Å². The van der Waals surface area contributed by atoms with Gasteiger partial charge in [0.25, 0.3) is 0 Å². The second-order valence-corrected chi connectivity index (χ2v) is 6.23. The predicted octanol–water partition coefficient (Wildman–Crippen LogP) is 4.45. The van der Waals surface area contributed by atoms with E-state index in [2.05, 4.69) is 50.8 Å². The van der Waals surface area contributed by atoms with E-state index in [0.29, 0.717) is 0 Å². The molecule has 112 valence electrons. The van der Waals surface area contributed by atoms with Crippen LogP contribution in [0.3, 0.4) is 0 Å². The molecular weight excluding hydrogens is 270 g/mol. The molecule has 0 bridgehead atoms. The molecule has 0 saturated heterocycles. The van der Waals surface area contributed by atoms with Gasteiger partial charge in [-0.25, -0.2) is 0 Å². The average molecular weight is 291 g/mol. The highest BCUT2D eigenvalue weighted by Gasteiger charge is 2.30. The Bertz CT molecular complexity index is 736. The van der Waals surface area contributed by atoms with Crippen LogP contribution in [0.1, 0.15) is 44.4 Å². The van der Waals surface area contributed by atoms with Crippen molar-refractivity contribution in [1.29, 1.82) is 10.5 Å². The third kappa shape index (κ3) is 2.63. The molecule has 0 spiro atoms. The van der Waals surface area contributed by atoms with Crippen molar-refractivity contribution in [2.24, 2.45) is 0 Å². The highest BCUT2D eigenvalue weighted by Crippen LogP contribution is 2.40. The first-order valence-corrected chi connectivity index (χ1v) is 7.48. The molecule has 0 amide bonds. The van der Waals surface area contributed by atoms with Gasteiger partial charge in [-0.1, -0.05) is 6.08 Å². The number of hydrogen-bond donors (Lipinski definition) is 0. The number of hydrogen-bond acceptors (Lipinski definition) is 3. The summed E-state index contributed by atoms with van der Waals surface area (Å²) in [4.78, 5) is 2.38. The average Bonchev–Trinajstić information content (AvgIpc) is 2.45. The third-order valence-electron chi connectivity index (χ3n) is 4.22. The van der Waals surface area contributed by atoms with Crippen LogP contribution in [0.4, 0.5) is 5.69 Å². The maximum absolute atomic E-state index is 8.96. The fraction of sp³-hybridized carbons (Fsp3) is 0.368. The lowest BCUT2D eigenvalue weighted by atomic mass is 9.86. The lowest BCUT2D eigenvalue weighted by Crippen LogP contribution is -2.44. The highest BCUT2D eigenvalue weighted by atomic mass is 15.2. The van der Waals surface area contributed by atoms with Gasteiger partial charge in [-0.05, 0) is 69.5 Å². The fourth-order valence-electron chi connectivity index (χ4n) is 3.22. The molecule has 0 aliphatic carbocycles. The third-order valence-corrected chi connectivity index (χ3v) is 4.22. The van der Waals surface area contributed by atoms with Gasteiger partial charge in [0.15, 0.2) is 0 Å². The predicted molar refractivity (Wildman–Crippen MR) is 91.1 cm³/mol. The summed E-state index contributed by atoms with van der Waals surface area (Å²) in [6, 6.07) is 8.10. The SMILES string of the molecule is CCN1c2cc(C)c(C=C(C#N)C#N)cc2C(C)=CC1(C)C. The molecule has 3 heteroatoms. The van der Waals surface area contributed by atoms with Crippen LogP contribution >= 0.6 is 0 Å². The Kier molecular flexibility index (Phi) is 4.11. The Morgan fingerprint density at radius 3 is 2.41 bits per heavy atom. The molecule has 0 radical (unpaired) electrons. The molecule has 0 unspecified atom stereocenters. The van der Waals surface area contributed by atoms with Crippen molar-refractivity contribution in [3.05, 3.63) is 40.5 Å². The summed E-state index contributed by atoms with van der Waals surface area (Å²) in [7, 11) is 0. The van der Waals surface area contributed by atoms with Crippen molar-refractivity contribution in [2.75, 3.05) is 11.4 Å². The summed E-state index contributed by atoms with van der Waals surface area (Å²) in [6.07, 6.45) is 3.94. The van der Waals surface area contributed by atoms with E-state index in [9.17, 15) is 0 Å². The molecule has 0 N–H and O–H groups in total. The maximum Gasteiger partial charge on any atom is 0.130 e. The largest absolute Gasteiger partial charge is 0.363 e. The molecule has 1 aliphatic heterocycles. The molecule has 0 fully saturated rings. The van der Waals surface area contributed by atoms with Gasteiger partial charge in [0.1, 0.15) is 17.7 Å². The smallest absolute Gasteiger partial charge is 0.130 e. The number of rotatable bonds is 2. The Morgan fingerprint density at radius 1 is 1.23 bits per heavy atom. The number of nitriles is 2. The Hall–Kier alpha value is -2.52. The molecular formula is C19H21N3. The van der Waals surface area contributed by atoms with Crippen LogP contribution in [0.15, 0.2) is 23.8 Å². The quantitative estimate of drug-likeness (QED) is 0.756. The lowest BCUT2D eigenvalue weighted by molar-refractivity contribution is 0.566.